The van der Waals surface area contributed by atoms with Gasteiger partial charge in [0.2, 0.25) is 0 Å². The fraction of sp³-hybridized carbons (Fsp3) is 0.892. The standard InChI is InChI=1S/C37H56O12/c1-32(2)11-12-36(30(44)46-6)19(13-32)18-7-8-22-33(3)14-20-28(49-29-27(43)26(42)25(41)21(16-38)47-29)37(17-39,31(45)48-20)23(33)9-10-34(22,4)35(18,5)15-24(36)40/h7,19-29,38-43H,8-17H2,1-6H3/t19-,20-,21+,22+,23+,24+,25+,26-,27+,28-,29-,33+,34+,35+,36+,37+/m0/s1. The summed E-state index contributed by atoms with van der Waals surface area (Å²) in [7, 11) is 1.41. The summed E-state index contributed by atoms with van der Waals surface area (Å²) in [6, 6.07) is 0. The Bertz CT molecular complexity index is 1400. The molecule has 2 heterocycles. The zero-order valence-electron chi connectivity index (χ0n) is 29.6. The minimum atomic E-state index is -1.66. The lowest BCUT2D eigenvalue weighted by atomic mass is 9.33. The predicted octanol–water partition coefficient (Wildman–Crippen LogP) is 1.60. The average Bonchev–Trinajstić information content (AvgIpc) is 3.24. The number of hydrogen-bond donors (Lipinski definition) is 6. The second kappa shape index (κ2) is 11.4. The average molecular weight is 693 g/mol. The molecule has 0 aromatic rings. The molecule has 6 N–H and O–H groups in total. The molecule has 5 aliphatic carbocycles. The summed E-state index contributed by atoms with van der Waals surface area (Å²) in [5.41, 5.74) is -2.49. The minimum Gasteiger partial charge on any atom is -0.468 e. The van der Waals surface area contributed by atoms with Gasteiger partial charge in [-0.3, -0.25) is 9.59 Å². The molecule has 2 aliphatic heterocycles. The Morgan fingerprint density at radius 2 is 1.65 bits per heavy atom. The van der Waals surface area contributed by atoms with Gasteiger partial charge in [-0.15, -0.1) is 0 Å². The van der Waals surface area contributed by atoms with Crippen LogP contribution in [0.1, 0.15) is 86.0 Å². The third-order valence-corrected chi connectivity index (χ3v) is 15.7. The van der Waals surface area contributed by atoms with Crippen molar-refractivity contribution in [3.8, 4) is 0 Å². The second-order valence-electron chi connectivity index (χ2n) is 18.1. The van der Waals surface area contributed by atoms with Crippen LogP contribution in [0, 0.1) is 50.2 Å². The molecule has 276 valence electrons. The van der Waals surface area contributed by atoms with E-state index in [0.717, 1.165) is 12.8 Å². The van der Waals surface area contributed by atoms with Gasteiger partial charge in [-0.1, -0.05) is 46.3 Å². The zero-order chi connectivity index (χ0) is 35.7. The van der Waals surface area contributed by atoms with Gasteiger partial charge in [0.25, 0.3) is 0 Å². The van der Waals surface area contributed by atoms with Crippen LogP contribution in [0.5, 0.6) is 0 Å². The molecule has 7 aliphatic rings. The topological polar surface area (TPSA) is 192 Å². The van der Waals surface area contributed by atoms with E-state index in [4.69, 9.17) is 18.9 Å². The molecule has 0 spiro atoms. The fourth-order valence-corrected chi connectivity index (χ4v) is 12.9. The summed E-state index contributed by atoms with van der Waals surface area (Å²) in [4.78, 5) is 27.5. The number of aliphatic hydroxyl groups excluding tert-OH is 6. The lowest BCUT2D eigenvalue weighted by Gasteiger charge is -2.71. The first kappa shape index (κ1) is 35.7. The van der Waals surface area contributed by atoms with Gasteiger partial charge in [-0.2, -0.15) is 0 Å². The molecule has 0 unspecified atom stereocenters. The van der Waals surface area contributed by atoms with Crippen LogP contribution in [0.15, 0.2) is 11.6 Å². The molecule has 49 heavy (non-hydrogen) atoms. The van der Waals surface area contributed by atoms with Crippen LogP contribution in [0.25, 0.3) is 0 Å². The zero-order valence-corrected chi connectivity index (χ0v) is 29.6. The van der Waals surface area contributed by atoms with Crippen LogP contribution >= 0.6 is 0 Å². The van der Waals surface area contributed by atoms with Crippen LogP contribution in [-0.2, 0) is 28.5 Å². The van der Waals surface area contributed by atoms with Gasteiger partial charge >= 0.3 is 11.9 Å². The van der Waals surface area contributed by atoms with Gasteiger partial charge in [0.15, 0.2) is 6.29 Å². The number of hydrogen-bond acceptors (Lipinski definition) is 12. The van der Waals surface area contributed by atoms with Crippen LogP contribution in [0.2, 0.25) is 0 Å². The quantitative estimate of drug-likeness (QED) is 0.139. The van der Waals surface area contributed by atoms with Gasteiger partial charge in [-0.25, -0.2) is 0 Å². The van der Waals surface area contributed by atoms with E-state index in [2.05, 4.69) is 40.7 Å². The smallest absolute Gasteiger partial charge is 0.317 e. The third-order valence-electron chi connectivity index (χ3n) is 15.7. The number of aliphatic hydroxyl groups is 6. The van der Waals surface area contributed by atoms with E-state index < -0.39 is 89.9 Å². The van der Waals surface area contributed by atoms with Crippen molar-refractivity contribution in [2.45, 2.75) is 135 Å². The molecular formula is C37H56O12. The lowest BCUT2D eigenvalue weighted by molar-refractivity contribution is -0.331. The summed E-state index contributed by atoms with van der Waals surface area (Å²) in [5, 5.41) is 64.5. The number of methoxy groups -OCH3 is 1. The third kappa shape index (κ3) is 4.44. The highest BCUT2D eigenvalue weighted by molar-refractivity contribution is 5.82. The number of fused-ring (bicyclic) bond motifs is 10. The fourth-order valence-electron chi connectivity index (χ4n) is 12.9. The summed E-state index contributed by atoms with van der Waals surface area (Å²) in [6.07, 6.45) is -2.87. The van der Waals surface area contributed by atoms with E-state index in [1.54, 1.807) is 0 Å². The summed E-state index contributed by atoms with van der Waals surface area (Å²) in [5.74, 6) is -1.38. The van der Waals surface area contributed by atoms with Gasteiger partial charge in [0, 0.05) is 0 Å². The molecule has 6 fully saturated rings. The summed E-state index contributed by atoms with van der Waals surface area (Å²) < 4.78 is 23.4. The Morgan fingerprint density at radius 3 is 2.31 bits per heavy atom. The maximum atomic E-state index is 13.9. The minimum absolute atomic E-state index is 0.00781. The van der Waals surface area contributed by atoms with E-state index in [1.807, 2.05) is 0 Å². The van der Waals surface area contributed by atoms with Crippen molar-refractivity contribution in [1.82, 2.24) is 0 Å². The van der Waals surface area contributed by atoms with Gasteiger partial charge in [0.1, 0.15) is 47.5 Å². The van der Waals surface area contributed by atoms with Crippen LogP contribution in [-0.4, -0.2) is 112 Å². The predicted molar refractivity (Wildman–Crippen MR) is 172 cm³/mol. The molecule has 12 nitrogen and oxygen atoms in total. The number of allylic oxidation sites excluding steroid dienone is 2. The highest BCUT2D eigenvalue weighted by Crippen LogP contribution is 2.77. The highest BCUT2D eigenvalue weighted by Gasteiger charge is 2.77. The SMILES string of the molecule is COC(=O)[C@]12CCC(C)(C)C[C@H]1C1=CC[C@@H]3[C@@]4(C)C[C@@H]5OC(=O)[C@](CO)([C@@H]4CC[C@@]3(C)[C@]1(C)C[C@H]2O)[C@H]5O[C@@H]1O[C@H](CO)[C@@H](O)[C@H](O)[C@H]1O. The first-order valence-electron chi connectivity index (χ1n) is 18.2. The molecule has 12 heteroatoms. The maximum absolute atomic E-state index is 13.9. The number of ether oxygens (including phenoxy) is 4. The summed E-state index contributed by atoms with van der Waals surface area (Å²) in [6.45, 7) is 10.0. The van der Waals surface area contributed by atoms with Gasteiger partial charge in [-0.05, 0) is 90.8 Å². The molecule has 7 rings (SSSR count). The van der Waals surface area contributed by atoms with E-state index >= 15 is 0 Å². The Hall–Kier alpha value is -1.64. The molecule has 0 radical (unpaired) electrons. The van der Waals surface area contributed by atoms with Crippen molar-refractivity contribution in [3.63, 3.8) is 0 Å². The van der Waals surface area contributed by atoms with E-state index in [9.17, 15) is 40.2 Å². The van der Waals surface area contributed by atoms with Crippen molar-refractivity contribution < 1.29 is 59.2 Å². The lowest BCUT2D eigenvalue weighted by Crippen LogP contribution is -2.70. The Kier molecular flexibility index (Phi) is 8.34. The largest absolute Gasteiger partial charge is 0.468 e. The molecule has 2 saturated heterocycles. The molecule has 4 saturated carbocycles. The number of esters is 2. The summed E-state index contributed by atoms with van der Waals surface area (Å²) >= 11 is 0. The number of carbonyl (C=O) groups is 2. The van der Waals surface area contributed by atoms with Crippen molar-refractivity contribution in [3.05, 3.63) is 11.6 Å². The maximum Gasteiger partial charge on any atom is 0.317 e. The van der Waals surface area contributed by atoms with E-state index in [0.29, 0.717) is 38.5 Å². The Balaban J connectivity index is 1.26. The first-order valence-corrected chi connectivity index (χ1v) is 18.2. The molecule has 2 bridgehead atoms. The van der Waals surface area contributed by atoms with Crippen LogP contribution in [0.3, 0.4) is 0 Å². The van der Waals surface area contributed by atoms with Crippen LogP contribution in [0.4, 0.5) is 0 Å². The normalized spacial score (nSPS) is 54.4. The van der Waals surface area contributed by atoms with E-state index in [1.165, 1.54) is 12.7 Å². The Labute approximate surface area is 288 Å². The van der Waals surface area contributed by atoms with Crippen molar-refractivity contribution in [2.75, 3.05) is 20.3 Å². The number of carbonyl (C=O) groups excluding carboxylic acids is 2. The van der Waals surface area contributed by atoms with Crippen molar-refractivity contribution >= 4 is 11.9 Å². The molecule has 16 atom stereocenters. The highest BCUT2D eigenvalue weighted by atomic mass is 16.7. The molecule has 0 aromatic carbocycles. The van der Waals surface area contributed by atoms with E-state index in [-0.39, 0.29) is 34.6 Å². The van der Waals surface area contributed by atoms with Gasteiger partial charge < -0.3 is 49.6 Å². The van der Waals surface area contributed by atoms with Crippen LogP contribution < -0.4 is 0 Å². The monoisotopic (exact) mass is 692 g/mol. The molecule has 0 aromatic heterocycles. The first-order chi connectivity index (χ1) is 22.9. The van der Waals surface area contributed by atoms with Crippen molar-refractivity contribution in [2.24, 2.45) is 50.2 Å². The van der Waals surface area contributed by atoms with Crippen molar-refractivity contribution in [1.29, 1.82) is 0 Å². The van der Waals surface area contributed by atoms with Gasteiger partial charge in [0.05, 0.1) is 26.4 Å². The Morgan fingerprint density at radius 1 is 0.939 bits per heavy atom. The molecular weight excluding hydrogens is 636 g/mol. The second-order valence-corrected chi connectivity index (χ2v) is 18.1. The number of rotatable bonds is 5. The molecule has 0 amide bonds.